The highest BCUT2D eigenvalue weighted by molar-refractivity contribution is 8.03. The number of hydrogen-bond acceptors (Lipinski definition) is 1. The lowest BCUT2D eigenvalue weighted by atomic mass is 10.1. The van der Waals surface area contributed by atoms with E-state index in [0.29, 0.717) is 5.39 Å². The summed E-state index contributed by atoms with van der Waals surface area (Å²) in [6.45, 7) is 0. The second kappa shape index (κ2) is 5.63. The Kier molecular flexibility index (Phi) is 4.22. The molecule has 7 heteroatoms. The maximum absolute atomic E-state index is 12.7. The third kappa shape index (κ3) is 4.42. The highest BCUT2D eigenvalue weighted by atomic mass is 32.2. The molecule has 0 radical (unpaired) electrons. The number of benzene rings is 2. The van der Waals surface area contributed by atoms with Crippen molar-refractivity contribution < 1.29 is 26.3 Å². The molecule has 21 heavy (non-hydrogen) atoms. The van der Waals surface area contributed by atoms with Gasteiger partial charge in [0.2, 0.25) is 0 Å². The molecule has 2 aromatic carbocycles. The minimum absolute atomic E-state index is 0.0535. The van der Waals surface area contributed by atoms with Crippen LogP contribution in [0.3, 0.4) is 0 Å². The second-order valence-corrected chi connectivity index (χ2v) is 5.27. The van der Waals surface area contributed by atoms with E-state index in [0.717, 1.165) is 5.39 Å². The molecule has 0 saturated heterocycles. The molecule has 0 bridgehead atoms. The van der Waals surface area contributed by atoms with Crippen LogP contribution in [0, 0.1) is 0 Å². The smallest absolute Gasteiger partial charge is 0.167 e. The molecule has 0 unspecified atom stereocenters. The first-order valence-corrected chi connectivity index (χ1v) is 6.50. The zero-order valence-corrected chi connectivity index (χ0v) is 11.1. The normalized spacial score (nSPS) is 13.7. The van der Waals surface area contributed by atoms with Crippen LogP contribution in [0.15, 0.2) is 58.3 Å². The molecule has 112 valence electrons. The van der Waals surface area contributed by atoms with Gasteiger partial charge in [-0.05, 0) is 22.9 Å². The van der Waals surface area contributed by atoms with Gasteiger partial charge in [-0.25, -0.2) is 0 Å². The van der Waals surface area contributed by atoms with E-state index in [2.05, 4.69) is 0 Å². The minimum Gasteiger partial charge on any atom is -0.167 e. The Balaban J connectivity index is 2.37. The maximum atomic E-state index is 12.7. The fraction of sp³-hybridized carbons (Fsp3) is 0.143. The number of thioether (sulfide) groups is 1. The Morgan fingerprint density at radius 3 is 2.05 bits per heavy atom. The summed E-state index contributed by atoms with van der Waals surface area (Å²) in [5.41, 5.74) is 0. The molecule has 0 aliphatic rings. The average Bonchev–Trinajstić information content (AvgIpc) is 2.35. The summed E-state index contributed by atoms with van der Waals surface area (Å²) in [6.07, 6.45) is -10.8. The van der Waals surface area contributed by atoms with Crippen molar-refractivity contribution in [2.45, 2.75) is 17.2 Å². The zero-order valence-electron chi connectivity index (χ0n) is 10.3. The van der Waals surface area contributed by atoms with Crippen molar-refractivity contribution in [1.29, 1.82) is 0 Å². The molecule has 0 saturated carbocycles. The molecule has 0 heterocycles. The fourth-order valence-electron chi connectivity index (χ4n) is 1.68. The van der Waals surface area contributed by atoms with Crippen LogP contribution in [0.25, 0.3) is 10.8 Å². The van der Waals surface area contributed by atoms with Crippen molar-refractivity contribution in [2.24, 2.45) is 0 Å². The van der Waals surface area contributed by atoms with Crippen molar-refractivity contribution >= 4 is 22.5 Å². The van der Waals surface area contributed by atoms with Crippen LogP contribution in [0.4, 0.5) is 26.3 Å². The Labute approximate surface area is 120 Å². The predicted octanol–water partition coefficient (Wildman–Crippen LogP) is 5.94. The molecule has 0 aliphatic heterocycles. The van der Waals surface area contributed by atoms with Crippen molar-refractivity contribution in [3.8, 4) is 0 Å². The van der Waals surface area contributed by atoms with E-state index in [1.165, 1.54) is 12.1 Å². The van der Waals surface area contributed by atoms with Gasteiger partial charge in [0.25, 0.3) is 0 Å². The van der Waals surface area contributed by atoms with Crippen LogP contribution >= 0.6 is 11.8 Å². The highest BCUT2D eigenvalue weighted by Crippen LogP contribution is 2.41. The highest BCUT2D eigenvalue weighted by Gasteiger charge is 2.39. The van der Waals surface area contributed by atoms with E-state index in [9.17, 15) is 26.3 Å². The molecule has 0 N–H and O–H groups in total. The van der Waals surface area contributed by atoms with Crippen LogP contribution in [-0.2, 0) is 0 Å². The number of rotatable bonds is 2. The van der Waals surface area contributed by atoms with Gasteiger partial charge in [-0.2, -0.15) is 26.3 Å². The van der Waals surface area contributed by atoms with Crippen molar-refractivity contribution in [3.63, 3.8) is 0 Å². The van der Waals surface area contributed by atoms with Gasteiger partial charge < -0.3 is 0 Å². The Morgan fingerprint density at radius 1 is 0.857 bits per heavy atom. The number of hydrogen-bond donors (Lipinski definition) is 0. The topological polar surface area (TPSA) is 0 Å². The summed E-state index contributed by atoms with van der Waals surface area (Å²) in [5.74, 6) is 0. The molecule has 0 spiro atoms. The largest absolute Gasteiger partial charge is 0.422 e. The number of fused-ring (bicyclic) bond motifs is 1. The first-order valence-electron chi connectivity index (χ1n) is 5.68. The number of halogens is 6. The van der Waals surface area contributed by atoms with E-state index >= 15 is 0 Å². The maximum Gasteiger partial charge on any atom is 0.422 e. The Morgan fingerprint density at radius 2 is 1.48 bits per heavy atom. The minimum atomic E-state index is -5.05. The molecule has 0 aliphatic carbocycles. The van der Waals surface area contributed by atoms with Crippen LogP contribution in [0.1, 0.15) is 0 Å². The molecule has 2 aromatic rings. The van der Waals surface area contributed by atoms with Crippen molar-refractivity contribution in [3.05, 3.63) is 53.4 Å². The molecule has 0 fully saturated rings. The van der Waals surface area contributed by atoms with E-state index in [1.54, 1.807) is 30.3 Å². The van der Waals surface area contributed by atoms with Crippen LogP contribution < -0.4 is 0 Å². The van der Waals surface area contributed by atoms with Gasteiger partial charge in [-0.15, -0.1) is 0 Å². The van der Waals surface area contributed by atoms with Crippen molar-refractivity contribution in [2.75, 3.05) is 0 Å². The summed E-state index contributed by atoms with van der Waals surface area (Å²) in [5, 5.41) is 1.46. The molecule has 0 aromatic heterocycles. The summed E-state index contributed by atoms with van der Waals surface area (Å²) >= 11 is 0.0535. The van der Waals surface area contributed by atoms with Crippen LogP contribution in [0.2, 0.25) is 0 Å². The summed E-state index contributed by atoms with van der Waals surface area (Å²) in [6, 6.07) is 11.3. The number of alkyl halides is 6. The van der Waals surface area contributed by atoms with E-state index < -0.39 is 23.3 Å². The van der Waals surface area contributed by atoms with Crippen LogP contribution in [0.5, 0.6) is 0 Å². The van der Waals surface area contributed by atoms with Gasteiger partial charge >= 0.3 is 12.4 Å². The number of allylic oxidation sites excluding steroid dienone is 2. The predicted molar refractivity (Wildman–Crippen MR) is 70.0 cm³/mol. The monoisotopic (exact) mass is 322 g/mol. The van der Waals surface area contributed by atoms with E-state index in [1.807, 2.05) is 0 Å². The average molecular weight is 322 g/mol. The molecule has 2 rings (SSSR count). The Bertz CT molecular complexity index is 669. The van der Waals surface area contributed by atoms with Crippen LogP contribution in [-0.4, -0.2) is 12.4 Å². The molecular weight excluding hydrogens is 314 g/mol. The quantitative estimate of drug-likeness (QED) is 0.487. The third-order valence-corrected chi connectivity index (χ3v) is 3.58. The molecular formula is C14H8F6S. The van der Waals surface area contributed by atoms with Gasteiger partial charge in [0.15, 0.2) is 0 Å². The fourth-order valence-corrected chi connectivity index (χ4v) is 2.56. The van der Waals surface area contributed by atoms with Gasteiger partial charge in [0, 0.05) is 11.0 Å². The van der Waals surface area contributed by atoms with Gasteiger partial charge in [0.05, 0.1) is 4.91 Å². The first-order chi connectivity index (χ1) is 9.65. The van der Waals surface area contributed by atoms with Crippen molar-refractivity contribution in [1.82, 2.24) is 0 Å². The zero-order chi connectivity index (χ0) is 15.7. The van der Waals surface area contributed by atoms with Gasteiger partial charge in [-0.1, -0.05) is 42.1 Å². The SMILES string of the molecule is FC(F)(F)/C=C(\Sc1ccc2ccccc2c1)C(F)(F)F. The van der Waals surface area contributed by atoms with E-state index in [-0.39, 0.29) is 16.7 Å². The van der Waals surface area contributed by atoms with E-state index in [4.69, 9.17) is 0 Å². The van der Waals surface area contributed by atoms with Gasteiger partial charge in [-0.3, -0.25) is 0 Å². The summed E-state index contributed by atoms with van der Waals surface area (Å²) in [7, 11) is 0. The second-order valence-electron chi connectivity index (χ2n) is 4.16. The molecule has 0 atom stereocenters. The first kappa shape index (κ1) is 15.8. The standard InChI is InChI=1S/C14H8F6S/c15-13(16,17)8-12(14(18,19)20)21-11-6-5-9-3-1-2-4-10(9)7-11/h1-8H/b12-8-. The summed E-state index contributed by atoms with van der Waals surface area (Å²) in [4.78, 5) is -1.59. The summed E-state index contributed by atoms with van der Waals surface area (Å²) < 4.78 is 74.6. The molecule has 0 nitrogen and oxygen atoms in total. The van der Waals surface area contributed by atoms with Gasteiger partial charge in [0.1, 0.15) is 0 Å². The lowest BCUT2D eigenvalue weighted by Gasteiger charge is -2.13. The molecule has 0 amide bonds. The lowest BCUT2D eigenvalue weighted by molar-refractivity contribution is -0.101. The third-order valence-electron chi connectivity index (χ3n) is 2.52. The Hall–Kier alpha value is -1.63. The lowest BCUT2D eigenvalue weighted by Crippen LogP contribution is -2.14.